The second-order valence-corrected chi connectivity index (χ2v) is 5.84. The highest BCUT2D eigenvalue weighted by Gasteiger charge is 2.41. The van der Waals surface area contributed by atoms with Crippen LogP contribution >= 0.6 is 11.6 Å². The van der Waals surface area contributed by atoms with Crippen LogP contribution in [0.25, 0.3) is 0 Å². The highest BCUT2D eigenvalue weighted by Crippen LogP contribution is 2.35. The van der Waals surface area contributed by atoms with Gasteiger partial charge in [-0.1, -0.05) is 11.6 Å². The molecule has 5 nitrogen and oxygen atoms in total. The van der Waals surface area contributed by atoms with Gasteiger partial charge >= 0.3 is 5.97 Å². The molecule has 0 aromatic heterocycles. The number of carboxylic acid groups (broad SMARTS) is 1. The Balaban J connectivity index is 1.92. The maximum atomic E-state index is 12.1. The molecule has 1 aromatic carbocycles. The van der Waals surface area contributed by atoms with Crippen molar-refractivity contribution in [3.8, 4) is 5.75 Å². The van der Waals surface area contributed by atoms with Crippen LogP contribution in [0.3, 0.4) is 0 Å². The van der Waals surface area contributed by atoms with Crippen molar-refractivity contribution in [3.63, 3.8) is 0 Å². The van der Waals surface area contributed by atoms with E-state index >= 15 is 0 Å². The zero-order valence-electron chi connectivity index (χ0n) is 11.8. The number of carboxylic acids is 1. The summed E-state index contributed by atoms with van der Waals surface area (Å²) in [5.41, 5.74) is -0.611. The van der Waals surface area contributed by atoms with Gasteiger partial charge in [0.2, 0.25) is 0 Å². The average Bonchev–Trinajstić information content (AvgIpc) is 2.38. The van der Waals surface area contributed by atoms with E-state index in [1.54, 1.807) is 31.2 Å². The molecule has 0 saturated heterocycles. The Morgan fingerprint density at radius 3 is 2.48 bits per heavy atom. The summed E-state index contributed by atoms with van der Waals surface area (Å²) in [4.78, 5) is 23.0. The molecule has 0 radical (unpaired) electrons. The van der Waals surface area contributed by atoms with E-state index < -0.39 is 17.6 Å². The molecule has 21 heavy (non-hydrogen) atoms. The molecule has 6 heteroatoms. The Bertz CT molecular complexity index is 525. The van der Waals surface area contributed by atoms with E-state index in [0.29, 0.717) is 23.6 Å². The first-order valence-corrected chi connectivity index (χ1v) is 7.24. The molecular formula is C15H18ClNO4. The number of halogens is 1. The van der Waals surface area contributed by atoms with Gasteiger partial charge in [-0.2, -0.15) is 0 Å². The van der Waals surface area contributed by atoms with Gasteiger partial charge in [-0.3, -0.25) is 9.59 Å². The first-order chi connectivity index (χ1) is 9.90. The lowest BCUT2D eigenvalue weighted by molar-refractivity contribution is -0.141. The number of hydrogen-bond acceptors (Lipinski definition) is 3. The monoisotopic (exact) mass is 311 g/mol. The van der Waals surface area contributed by atoms with Crippen molar-refractivity contribution < 1.29 is 19.4 Å². The number of amides is 1. The first-order valence-electron chi connectivity index (χ1n) is 6.86. The third-order valence-corrected chi connectivity index (χ3v) is 3.94. The fourth-order valence-corrected chi connectivity index (χ4v) is 2.50. The molecule has 0 aliphatic heterocycles. The number of hydrogen-bond donors (Lipinski definition) is 2. The summed E-state index contributed by atoms with van der Waals surface area (Å²) >= 11 is 5.78. The summed E-state index contributed by atoms with van der Waals surface area (Å²) in [6.45, 7) is 1.64. The molecule has 1 aromatic rings. The van der Waals surface area contributed by atoms with E-state index in [1.165, 1.54) is 0 Å². The molecule has 1 atom stereocenters. The standard InChI is InChI=1S/C15H18ClNO4/c1-10(21-12-5-3-11(16)4-6-12)14(20)17-15(7-2-8-15)9-13(18)19/h3-6,10H,2,7-9H2,1H3,(H,17,20)(H,18,19). The zero-order chi connectivity index (χ0) is 15.5. The Labute approximate surface area is 128 Å². The van der Waals surface area contributed by atoms with Crippen LogP contribution in [0.15, 0.2) is 24.3 Å². The van der Waals surface area contributed by atoms with Gasteiger partial charge in [0.1, 0.15) is 5.75 Å². The molecule has 2 N–H and O–H groups in total. The summed E-state index contributed by atoms with van der Waals surface area (Å²) in [6.07, 6.45) is 1.57. The maximum absolute atomic E-state index is 12.1. The van der Waals surface area contributed by atoms with Crippen LogP contribution in [0.2, 0.25) is 5.02 Å². The van der Waals surface area contributed by atoms with Gasteiger partial charge in [0.25, 0.3) is 5.91 Å². The van der Waals surface area contributed by atoms with E-state index in [2.05, 4.69) is 5.32 Å². The number of carbonyl (C=O) groups excluding carboxylic acids is 1. The fraction of sp³-hybridized carbons (Fsp3) is 0.467. The van der Waals surface area contributed by atoms with Crippen LogP contribution in [-0.4, -0.2) is 28.6 Å². The minimum Gasteiger partial charge on any atom is -0.481 e. The third kappa shape index (κ3) is 4.11. The van der Waals surface area contributed by atoms with Crippen LogP contribution in [0, 0.1) is 0 Å². The number of carbonyl (C=O) groups is 2. The van der Waals surface area contributed by atoms with Crippen LogP contribution < -0.4 is 10.1 Å². The number of ether oxygens (including phenoxy) is 1. The predicted molar refractivity (Wildman–Crippen MR) is 78.5 cm³/mol. The first kappa shape index (κ1) is 15.6. The molecule has 0 spiro atoms. The normalized spacial score (nSPS) is 17.4. The number of benzene rings is 1. The Kier molecular flexibility index (Phi) is 4.73. The van der Waals surface area contributed by atoms with Gasteiger partial charge in [-0.05, 0) is 50.5 Å². The van der Waals surface area contributed by atoms with Crippen LogP contribution in [0.1, 0.15) is 32.6 Å². The summed E-state index contributed by atoms with van der Waals surface area (Å²) in [5.74, 6) is -0.657. The Morgan fingerprint density at radius 1 is 1.38 bits per heavy atom. The SMILES string of the molecule is CC(Oc1ccc(Cl)cc1)C(=O)NC1(CC(=O)O)CCC1. The van der Waals surface area contributed by atoms with Crippen molar-refractivity contribution in [2.75, 3.05) is 0 Å². The summed E-state index contributed by atoms with van der Waals surface area (Å²) < 4.78 is 5.53. The molecule has 1 unspecified atom stereocenters. The molecule has 1 saturated carbocycles. The van der Waals surface area contributed by atoms with E-state index in [9.17, 15) is 9.59 Å². The Hall–Kier alpha value is -1.75. The van der Waals surface area contributed by atoms with Gasteiger partial charge in [0, 0.05) is 5.02 Å². The number of rotatable bonds is 6. The van der Waals surface area contributed by atoms with Gasteiger partial charge in [-0.25, -0.2) is 0 Å². The highest BCUT2D eigenvalue weighted by atomic mass is 35.5. The van der Waals surface area contributed by atoms with Gasteiger partial charge < -0.3 is 15.2 Å². The minimum atomic E-state index is -0.902. The molecule has 1 fully saturated rings. The molecule has 114 valence electrons. The van der Waals surface area contributed by atoms with Crippen molar-refractivity contribution in [3.05, 3.63) is 29.3 Å². The molecule has 1 aliphatic carbocycles. The summed E-state index contributed by atoms with van der Waals surface area (Å²) in [7, 11) is 0. The lowest BCUT2D eigenvalue weighted by atomic mass is 9.74. The molecule has 0 bridgehead atoms. The van der Waals surface area contributed by atoms with Crippen molar-refractivity contribution in [1.82, 2.24) is 5.32 Å². The molecule has 0 heterocycles. The predicted octanol–water partition coefficient (Wildman–Crippen LogP) is 2.62. The van der Waals surface area contributed by atoms with Crippen molar-refractivity contribution in [2.24, 2.45) is 0 Å². The minimum absolute atomic E-state index is 0.0492. The second-order valence-electron chi connectivity index (χ2n) is 5.41. The van der Waals surface area contributed by atoms with Crippen molar-refractivity contribution in [2.45, 2.75) is 44.2 Å². The van der Waals surface area contributed by atoms with Crippen LogP contribution in [0.4, 0.5) is 0 Å². The van der Waals surface area contributed by atoms with E-state index in [0.717, 1.165) is 6.42 Å². The Morgan fingerprint density at radius 2 is 2.00 bits per heavy atom. The second kappa shape index (κ2) is 6.35. The largest absolute Gasteiger partial charge is 0.481 e. The fourth-order valence-electron chi connectivity index (χ4n) is 2.37. The van der Waals surface area contributed by atoms with E-state index in [4.69, 9.17) is 21.4 Å². The lowest BCUT2D eigenvalue weighted by Gasteiger charge is -2.42. The third-order valence-electron chi connectivity index (χ3n) is 3.68. The number of nitrogens with one attached hydrogen (secondary N) is 1. The van der Waals surface area contributed by atoms with E-state index in [-0.39, 0.29) is 12.3 Å². The molecular weight excluding hydrogens is 294 g/mol. The molecule has 1 aliphatic rings. The van der Waals surface area contributed by atoms with Gasteiger partial charge in [0.15, 0.2) is 6.10 Å². The number of aliphatic carboxylic acids is 1. The zero-order valence-corrected chi connectivity index (χ0v) is 12.5. The van der Waals surface area contributed by atoms with Crippen molar-refractivity contribution >= 4 is 23.5 Å². The van der Waals surface area contributed by atoms with E-state index in [1.807, 2.05) is 0 Å². The van der Waals surface area contributed by atoms with Crippen molar-refractivity contribution in [1.29, 1.82) is 0 Å². The topological polar surface area (TPSA) is 75.6 Å². The van der Waals surface area contributed by atoms with Gasteiger partial charge in [0.05, 0.1) is 12.0 Å². The quantitative estimate of drug-likeness (QED) is 0.847. The molecule has 2 rings (SSSR count). The van der Waals surface area contributed by atoms with Gasteiger partial charge in [-0.15, -0.1) is 0 Å². The van der Waals surface area contributed by atoms with Crippen LogP contribution in [-0.2, 0) is 9.59 Å². The van der Waals surface area contributed by atoms with Crippen LogP contribution in [0.5, 0.6) is 5.75 Å². The summed E-state index contributed by atoms with van der Waals surface area (Å²) in [6, 6.07) is 6.73. The lowest BCUT2D eigenvalue weighted by Crippen LogP contribution is -2.57. The average molecular weight is 312 g/mol. The summed E-state index contributed by atoms with van der Waals surface area (Å²) in [5, 5.41) is 12.3. The molecule has 1 amide bonds. The highest BCUT2D eigenvalue weighted by molar-refractivity contribution is 6.30. The smallest absolute Gasteiger partial charge is 0.305 e. The maximum Gasteiger partial charge on any atom is 0.305 e.